The van der Waals surface area contributed by atoms with Crippen LogP contribution in [0.2, 0.25) is 0 Å². The van der Waals surface area contributed by atoms with Crippen LogP contribution >= 0.6 is 11.3 Å². The maximum Gasteiger partial charge on any atom is 0.185 e. The van der Waals surface area contributed by atoms with Gasteiger partial charge < -0.3 is 4.90 Å². The van der Waals surface area contributed by atoms with Crippen molar-refractivity contribution in [1.29, 1.82) is 0 Å². The summed E-state index contributed by atoms with van der Waals surface area (Å²) in [7, 11) is -3.45. The molecule has 1 fully saturated rings. The van der Waals surface area contributed by atoms with Crippen molar-refractivity contribution in [3.05, 3.63) is 74.8 Å². The van der Waals surface area contributed by atoms with Crippen LogP contribution in [0.15, 0.2) is 40.6 Å². The normalized spacial score (nSPS) is 15.3. The summed E-state index contributed by atoms with van der Waals surface area (Å²) in [4.78, 5) is 7.82. The van der Waals surface area contributed by atoms with Crippen LogP contribution in [0.25, 0.3) is 0 Å². The lowest BCUT2D eigenvalue weighted by atomic mass is 9.89. The highest BCUT2D eigenvalue weighted by Gasteiger charge is 2.36. The van der Waals surface area contributed by atoms with Gasteiger partial charge >= 0.3 is 0 Å². The van der Waals surface area contributed by atoms with Gasteiger partial charge in [0, 0.05) is 24.9 Å². The highest BCUT2D eigenvalue weighted by molar-refractivity contribution is 7.92. The minimum absolute atomic E-state index is 0.154. The summed E-state index contributed by atoms with van der Waals surface area (Å²) in [5, 5.41) is 2.81. The third kappa shape index (κ3) is 5.86. The van der Waals surface area contributed by atoms with Crippen molar-refractivity contribution in [2.24, 2.45) is 0 Å². The Hall–Kier alpha value is -2.18. The first-order valence-corrected chi connectivity index (χ1v) is 16.5. The molecule has 1 saturated heterocycles. The monoisotopic (exact) mass is 552 g/mol. The van der Waals surface area contributed by atoms with E-state index >= 15 is 0 Å². The van der Waals surface area contributed by atoms with Crippen molar-refractivity contribution in [2.45, 2.75) is 103 Å². The molecule has 2 aromatic carbocycles. The predicted octanol–water partition coefficient (Wildman–Crippen LogP) is 8.16. The molecule has 0 aliphatic carbocycles. The molecule has 3 aromatic rings. The zero-order chi connectivity index (χ0) is 27.8. The first kappa shape index (κ1) is 28.8. The smallest absolute Gasteiger partial charge is 0.185 e. The first-order valence-electron chi connectivity index (χ1n) is 14.1. The summed E-state index contributed by atoms with van der Waals surface area (Å²) in [5.74, 6) is 0.673. The molecule has 4 rings (SSSR count). The maximum atomic E-state index is 14.2. The third-order valence-electron chi connectivity index (χ3n) is 8.14. The molecule has 2 heterocycles. The average Bonchev–Trinajstić information content (AvgIpc) is 3.34. The number of nitrogens with zero attached hydrogens (tertiary/aromatic N) is 2. The van der Waals surface area contributed by atoms with E-state index in [1.165, 1.54) is 22.3 Å². The fourth-order valence-electron chi connectivity index (χ4n) is 5.46. The van der Waals surface area contributed by atoms with Crippen LogP contribution < -0.4 is 4.90 Å². The van der Waals surface area contributed by atoms with Crippen molar-refractivity contribution in [3.63, 3.8) is 0 Å². The number of hydrogen-bond acceptors (Lipinski definition) is 5. The second-order valence-corrected chi connectivity index (χ2v) is 14.9. The van der Waals surface area contributed by atoms with E-state index in [1.807, 2.05) is 0 Å². The van der Waals surface area contributed by atoms with E-state index < -0.39 is 9.84 Å². The molecule has 0 saturated carbocycles. The molecule has 1 aromatic heterocycles. The Labute approximate surface area is 234 Å². The van der Waals surface area contributed by atoms with Crippen LogP contribution in [0.5, 0.6) is 0 Å². The number of benzene rings is 2. The number of hydrogen-bond donors (Lipinski definition) is 0. The average molecular weight is 553 g/mol. The van der Waals surface area contributed by atoms with Gasteiger partial charge in [-0.2, -0.15) is 0 Å². The Kier molecular flexibility index (Phi) is 8.73. The number of aryl methyl sites for hydroxylation is 1. The summed E-state index contributed by atoms with van der Waals surface area (Å²) in [6.45, 7) is 18.6. The van der Waals surface area contributed by atoms with Gasteiger partial charge in [0.15, 0.2) is 15.0 Å². The number of thiazole rings is 1. The standard InChI is InChI=1S/C32H44N2O2S2/c1-20(2)26-17-29(21(3)4)31(30(18-26)22(5)6)38(35,36)28-12-14-34(15-13-28)32-33-27(19-37-32)16-25-11-9-10-23(7)24(25)8/h9-11,17-22,28H,12-16H2,1-8H3. The SMILES string of the molecule is Cc1cccc(Cc2csc(N3CCC(S(=O)(=O)c4c(C(C)C)cc(C(C)C)cc4C(C)C)CC3)n2)c1C. The molecule has 0 radical (unpaired) electrons. The lowest BCUT2D eigenvalue weighted by Crippen LogP contribution is -2.40. The summed E-state index contributed by atoms with van der Waals surface area (Å²) < 4.78 is 28.4. The van der Waals surface area contributed by atoms with Crippen LogP contribution in [-0.2, 0) is 16.3 Å². The molecule has 0 N–H and O–H groups in total. The molecule has 0 amide bonds. The molecule has 206 valence electrons. The highest BCUT2D eigenvalue weighted by Crippen LogP contribution is 2.39. The Balaban J connectivity index is 1.54. The van der Waals surface area contributed by atoms with Crippen molar-refractivity contribution >= 4 is 26.3 Å². The zero-order valence-corrected chi connectivity index (χ0v) is 26.0. The van der Waals surface area contributed by atoms with Gasteiger partial charge in [-0.1, -0.05) is 71.9 Å². The van der Waals surface area contributed by atoms with Crippen molar-refractivity contribution in [2.75, 3.05) is 18.0 Å². The highest BCUT2D eigenvalue weighted by atomic mass is 32.2. The van der Waals surface area contributed by atoms with E-state index in [0.717, 1.165) is 41.5 Å². The van der Waals surface area contributed by atoms with Crippen LogP contribution in [0.4, 0.5) is 5.13 Å². The summed E-state index contributed by atoms with van der Waals surface area (Å²) in [6.07, 6.45) is 2.10. The second-order valence-electron chi connectivity index (χ2n) is 11.9. The van der Waals surface area contributed by atoms with Gasteiger partial charge in [-0.15, -0.1) is 11.3 Å². The second kappa shape index (κ2) is 11.5. The van der Waals surface area contributed by atoms with Crippen LogP contribution in [-0.4, -0.2) is 31.7 Å². The Morgan fingerprint density at radius 3 is 2.11 bits per heavy atom. The number of piperidine rings is 1. The van der Waals surface area contributed by atoms with Gasteiger partial charge in [-0.3, -0.25) is 0 Å². The molecule has 0 atom stereocenters. The van der Waals surface area contributed by atoms with Gasteiger partial charge in [-0.05, 0) is 77.8 Å². The molecule has 0 bridgehead atoms. The molecule has 0 unspecified atom stereocenters. The van der Waals surface area contributed by atoms with Crippen molar-refractivity contribution in [3.8, 4) is 0 Å². The maximum absolute atomic E-state index is 14.2. The third-order valence-corrected chi connectivity index (χ3v) is 11.5. The van der Waals surface area contributed by atoms with Crippen LogP contribution in [0.3, 0.4) is 0 Å². The fourth-order valence-corrected chi connectivity index (χ4v) is 8.75. The van der Waals surface area contributed by atoms with Gasteiger partial charge in [0.05, 0.1) is 15.8 Å². The van der Waals surface area contributed by atoms with E-state index in [0.29, 0.717) is 23.7 Å². The fraction of sp³-hybridized carbons (Fsp3) is 0.531. The van der Waals surface area contributed by atoms with Gasteiger partial charge in [0.25, 0.3) is 0 Å². The van der Waals surface area contributed by atoms with E-state index in [9.17, 15) is 8.42 Å². The molecule has 1 aliphatic rings. The number of sulfone groups is 1. The molecule has 0 spiro atoms. The molecular weight excluding hydrogens is 508 g/mol. The summed E-state index contributed by atoms with van der Waals surface area (Å²) in [5.41, 5.74) is 8.24. The summed E-state index contributed by atoms with van der Waals surface area (Å²) in [6, 6.07) is 10.7. The number of aromatic nitrogens is 1. The first-order chi connectivity index (χ1) is 17.9. The minimum atomic E-state index is -3.45. The number of rotatable bonds is 8. The Morgan fingerprint density at radius 1 is 0.947 bits per heavy atom. The lowest BCUT2D eigenvalue weighted by molar-refractivity contribution is 0.526. The van der Waals surface area contributed by atoms with Gasteiger partial charge in [0.1, 0.15) is 0 Å². The predicted molar refractivity (Wildman–Crippen MR) is 162 cm³/mol. The molecule has 6 heteroatoms. The number of anilines is 1. The molecule has 4 nitrogen and oxygen atoms in total. The molecular formula is C32H44N2O2S2. The molecule has 38 heavy (non-hydrogen) atoms. The van der Waals surface area contributed by atoms with E-state index in [1.54, 1.807) is 11.3 Å². The van der Waals surface area contributed by atoms with Crippen LogP contribution in [0.1, 0.15) is 111 Å². The van der Waals surface area contributed by atoms with Crippen LogP contribution in [0, 0.1) is 13.8 Å². The van der Waals surface area contributed by atoms with Crippen molar-refractivity contribution in [1.82, 2.24) is 4.98 Å². The van der Waals surface area contributed by atoms with Crippen molar-refractivity contribution < 1.29 is 8.42 Å². The van der Waals surface area contributed by atoms with Gasteiger partial charge in [-0.25, -0.2) is 13.4 Å². The lowest BCUT2D eigenvalue weighted by Gasteiger charge is -2.33. The minimum Gasteiger partial charge on any atom is -0.348 e. The largest absolute Gasteiger partial charge is 0.348 e. The zero-order valence-electron chi connectivity index (χ0n) is 24.3. The summed E-state index contributed by atoms with van der Waals surface area (Å²) >= 11 is 1.67. The van der Waals surface area contributed by atoms with Gasteiger partial charge in [0.2, 0.25) is 0 Å². The van der Waals surface area contributed by atoms with E-state index in [2.05, 4.69) is 96.0 Å². The topological polar surface area (TPSA) is 50.3 Å². The van der Waals surface area contributed by atoms with E-state index in [-0.39, 0.29) is 17.1 Å². The molecule has 1 aliphatic heterocycles. The van der Waals surface area contributed by atoms with E-state index in [4.69, 9.17) is 4.98 Å². The Bertz CT molecular complexity index is 1350. The Morgan fingerprint density at radius 2 is 1.55 bits per heavy atom. The quantitative estimate of drug-likeness (QED) is 0.283.